The average molecular weight is 401 g/mol. The van der Waals surface area contributed by atoms with Crippen molar-refractivity contribution in [2.75, 3.05) is 0 Å². The molecule has 0 bridgehead atoms. The van der Waals surface area contributed by atoms with Gasteiger partial charge in [-0.25, -0.2) is 0 Å². The lowest BCUT2D eigenvalue weighted by Gasteiger charge is -2.61. The maximum atomic E-state index is 2.76. The van der Waals surface area contributed by atoms with Crippen LogP contribution in [0.25, 0.3) is 0 Å². The molecule has 4 saturated carbocycles. The van der Waals surface area contributed by atoms with Crippen LogP contribution in [0.5, 0.6) is 0 Å². The number of hydrogen-bond acceptors (Lipinski definition) is 0. The second kappa shape index (κ2) is 8.50. The third-order valence-electron chi connectivity index (χ3n) is 11.8. The lowest BCUT2D eigenvalue weighted by Crippen LogP contribution is -2.53. The summed E-state index contributed by atoms with van der Waals surface area (Å²) in [5.41, 5.74) is 1.37. The van der Waals surface area contributed by atoms with Gasteiger partial charge in [-0.1, -0.05) is 67.2 Å². The first-order chi connectivity index (χ1) is 13.8. The van der Waals surface area contributed by atoms with Crippen molar-refractivity contribution >= 4 is 0 Å². The van der Waals surface area contributed by atoms with Crippen molar-refractivity contribution in [1.82, 2.24) is 0 Å². The average Bonchev–Trinajstić information content (AvgIpc) is 3.05. The van der Waals surface area contributed by atoms with Crippen molar-refractivity contribution in [2.24, 2.45) is 58.2 Å². The Morgan fingerprint density at radius 2 is 1.52 bits per heavy atom. The summed E-state index contributed by atoms with van der Waals surface area (Å²) in [6.07, 6.45) is 19.8. The van der Waals surface area contributed by atoms with Crippen LogP contribution in [-0.4, -0.2) is 0 Å². The molecular weight excluding hydrogens is 348 g/mol. The number of fused-ring (bicyclic) bond motifs is 5. The highest BCUT2D eigenvalue weighted by Gasteiger charge is 2.60. The first-order valence-corrected chi connectivity index (χ1v) is 13.8. The van der Waals surface area contributed by atoms with Crippen LogP contribution >= 0.6 is 0 Å². The zero-order chi connectivity index (χ0) is 20.8. The summed E-state index contributed by atoms with van der Waals surface area (Å²) in [6, 6.07) is 0. The molecule has 4 aliphatic carbocycles. The minimum Gasteiger partial charge on any atom is -0.0651 e. The monoisotopic (exact) mass is 400 g/mol. The molecule has 0 amide bonds. The molecule has 1 unspecified atom stereocenters. The standard InChI is InChI=1S/C29H52/c1-7-22(20(2)3)12-11-21(4)25-15-16-26-24-14-13-23-10-8-9-18-28(23,5)27(24)17-19-29(25,26)6/h20-27H,7-19H2,1-6H3/t21-,22-,23?,24+,25-,26+,27+,28+,29-/m1/s1. The number of hydrogen-bond donors (Lipinski definition) is 0. The van der Waals surface area contributed by atoms with Gasteiger partial charge in [0, 0.05) is 0 Å². The van der Waals surface area contributed by atoms with E-state index in [0.29, 0.717) is 10.8 Å². The van der Waals surface area contributed by atoms with Gasteiger partial charge in [-0.15, -0.1) is 0 Å². The Morgan fingerprint density at radius 1 is 0.759 bits per heavy atom. The quantitative estimate of drug-likeness (QED) is 0.417. The summed E-state index contributed by atoms with van der Waals surface area (Å²) in [5.74, 6) is 8.02. The van der Waals surface area contributed by atoms with Crippen molar-refractivity contribution in [3.8, 4) is 0 Å². The Hall–Kier alpha value is 0. The highest BCUT2D eigenvalue weighted by molar-refractivity contribution is 5.09. The molecule has 0 aliphatic heterocycles. The second-order valence-electron chi connectivity index (χ2n) is 13.1. The Bertz CT molecular complexity index is 548. The van der Waals surface area contributed by atoms with Crippen molar-refractivity contribution < 1.29 is 0 Å². The molecule has 168 valence electrons. The van der Waals surface area contributed by atoms with E-state index in [4.69, 9.17) is 0 Å². The molecule has 0 spiro atoms. The molecule has 9 atom stereocenters. The Kier molecular flexibility index (Phi) is 6.51. The van der Waals surface area contributed by atoms with Crippen LogP contribution in [0, 0.1) is 58.2 Å². The lowest BCUT2D eigenvalue weighted by atomic mass is 9.44. The molecule has 0 aromatic rings. The minimum atomic E-state index is 0.665. The molecular formula is C29H52. The van der Waals surface area contributed by atoms with E-state index in [9.17, 15) is 0 Å². The molecule has 0 heteroatoms. The van der Waals surface area contributed by atoms with Gasteiger partial charge in [0.05, 0.1) is 0 Å². The fourth-order valence-corrected chi connectivity index (χ4v) is 9.96. The zero-order valence-electron chi connectivity index (χ0n) is 20.8. The zero-order valence-corrected chi connectivity index (χ0v) is 20.8. The molecule has 29 heavy (non-hydrogen) atoms. The van der Waals surface area contributed by atoms with Gasteiger partial charge in [-0.3, -0.25) is 0 Å². The summed E-state index contributed by atoms with van der Waals surface area (Å²) in [5, 5.41) is 0. The van der Waals surface area contributed by atoms with Gasteiger partial charge in [0.2, 0.25) is 0 Å². The summed E-state index contributed by atoms with van der Waals surface area (Å²) in [4.78, 5) is 0. The van der Waals surface area contributed by atoms with Crippen molar-refractivity contribution in [3.63, 3.8) is 0 Å². The summed E-state index contributed by atoms with van der Waals surface area (Å²) in [6.45, 7) is 15.4. The van der Waals surface area contributed by atoms with Crippen LogP contribution in [0.1, 0.15) is 125 Å². The highest BCUT2D eigenvalue weighted by Crippen LogP contribution is 2.68. The molecule has 0 aromatic carbocycles. The van der Waals surface area contributed by atoms with Crippen LogP contribution in [0.4, 0.5) is 0 Å². The van der Waals surface area contributed by atoms with E-state index in [1.807, 2.05) is 0 Å². The fourth-order valence-electron chi connectivity index (χ4n) is 9.96. The Balaban J connectivity index is 1.45. The van der Waals surface area contributed by atoms with E-state index in [1.165, 1.54) is 32.1 Å². The van der Waals surface area contributed by atoms with Gasteiger partial charge >= 0.3 is 0 Å². The predicted octanol–water partition coefficient (Wildman–Crippen LogP) is 9.13. The van der Waals surface area contributed by atoms with Gasteiger partial charge in [-0.2, -0.15) is 0 Å². The SMILES string of the molecule is CC[C@H](CC[C@@H](C)[C@H]1CC[C@H]2[C@@H]3CCC4CCCC[C@]4(C)[C@H]3CC[C@]12C)C(C)C. The van der Waals surface area contributed by atoms with E-state index < -0.39 is 0 Å². The first kappa shape index (κ1) is 22.2. The molecule has 0 N–H and O–H groups in total. The molecule has 0 heterocycles. The second-order valence-corrected chi connectivity index (χ2v) is 13.1. The molecule has 4 aliphatic rings. The van der Waals surface area contributed by atoms with Gasteiger partial charge in [-0.05, 0) is 116 Å². The van der Waals surface area contributed by atoms with Crippen molar-refractivity contribution in [3.05, 3.63) is 0 Å². The topological polar surface area (TPSA) is 0 Å². The molecule has 4 fully saturated rings. The summed E-state index contributed by atoms with van der Waals surface area (Å²) in [7, 11) is 0. The first-order valence-electron chi connectivity index (χ1n) is 13.8. The van der Waals surface area contributed by atoms with E-state index in [2.05, 4.69) is 41.5 Å². The molecule has 0 aromatic heterocycles. The Morgan fingerprint density at radius 3 is 2.24 bits per heavy atom. The van der Waals surface area contributed by atoms with Crippen molar-refractivity contribution in [1.29, 1.82) is 0 Å². The van der Waals surface area contributed by atoms with Crippen LogP contribution in [0.15, 0.2) is 0 Å². The molecule has 0 saturated heterocycles. The molecule has 4 rings (SSSR count). The molecule has 0 nitrogen and oxygen atoms in total. The fraction of sp³-hybridized carbons (Fsp3) is 1.00. The van der Waals surface area contributed by atoms with Crippen LogP contribution in [-0.2, 0) is 0 Å². The van der Waals surface area contributed by atoms with Gasteiger partial charge < -0.3 is 0 Å². The smallest absolute Gasteiger partial charge is 0.0264 e. The van der Waals surface area contributed by atoms with Gasteiger partial charge in [0.15, 0.2) is 0 Å². The van der Waals surface area contributed by atoms with E-state index in [1.54, 1.807) is 51.4 Å². The van der Waals surface area contributed by atoms with Crippen LogP contribution in [0.2, 0.25) is 0 Å². The Labute approximate surface area is 183 Å². The van der Waals surface area contributed by atoms with Gasteiger partial charge in [0.25, 0.3) is 0 Å². The van der Waals surface area contributed by atoms with Gasteiger partial charge in [0.1, 0.15) is 0 Å². The predicted molar refractivity (Wildman–Crippen MR) is 127 cm³/mol. The normalized spacial score (nSPS) is 46.7. The molecule has 0 radical (unpaired) electrons. The van der Waals surface area contributed by atoms with E-state index in [-0.39, 0.29) is 0 Å². The third-order valence-corrected chi connectivity index (χ3v) is 11.8. The largest absolute Gasteiger partial charge is 0.0651 e. The minimum absolute atomic E-state index is 0.665. The lowest BCUT2D eigenvalue weighted by molar-refractivity contribution is -0.114. The van der Waals surface area contributed by atoms with Crippen LogP contribution in [0.3, 0.4) is 0 Å². The maximum absolute atomic E-state index is 2.76. The maximum Gasteiger partial charge on any atom is -0.0264 e. The summed E-state index contributed by atoms with van der Waals surface area (Å²) < 4.78 is 0. The van der Waals surface area contributed by atoms with E-state index >= 15 is 0 Å². The third kappa shape index (κ3) is 3.75. The highest BCUT2D eigenvalue weighted by atomic mass is 14.6. The van der Waals surface area contributed by atoms with Crippen LogP contribution < -0.4 is 0 Å². The summed E-state index contributed by atoms with van der Waals surface area (Å²) >= 11 is 0. The van der Waals surface area contributed by atoms with Crippen molar-refractivity contribution in [2.45, 2.75) is 125 Å². The number of rotatable bonds is 6. The van der Waals surface area contributed by atoms with E-state index in [0.717, 1.165) is 47.3 Å².